The number of aldehydes is 1. The molecule has 0 radical (unpaired) electrons. The average Bonchev–Trinajstić information content (AvgIpc) is 2.98. The van der Waals surface area contributed by atoms with Crippen molar-refractivity contribution in [3.63, 3.8) is 0 Å². The number of carbonyl (C=O) groups is 2. The highest BCUT2D eigenvalue weighted by atomic mass is 16.6. The normalized spacial score (nSPS) is 34.8. The van der Waals surface area contributed by atoms with Gasteiger partial charge in [0.15, 0.2) is 0 Å². The van der Waals surface area contributed by atoms with Crippen molar-refractivity contribution in [1.29, 1.82) is 0 Å². The molecule has 0 aromatic rings. The Bertz CT molecular complexity index is 361. The predicted octanol–water partition coefficient (Wildman–Crippen LogP) is 2.71. The van der Waals surface area contributed by atoms with Gasteiger partial charge in [-0.3, -0.25) is 0 Å². The van der Waals surface area contributed by atoms with E-state index in [0.29, 0.717) is 17.8 Å². The summed E-state index contributed by atoms with van der Waals surface area (Å²) in [5, 5.41) is 0. The van der Waals surface area contributed by atoms with Crippen LogP contribution in [0.25, 0.3) is 0 Å². The molecule has 0 aromatic carbocycles. The lowest BCUT2D eigenvalue weighted by molar-refractivity contribution is -0.109. The molecule has 4 nitrogen and oxygen atoms in total. The molecule has 19 heavy (non-hydrogen) atoms. The zero-order valence-electron chi connectivity index (χ0n) is 12.4. The molecule has 4 heteroatoms. The number of piperidine rings is 1. The molecule has 0 spiro atoms. The molecular weight excluding hydrogens is 242 g/mol. The van der Waals surface area contributed by atoms with Crippen LogP contribution in [-0.4, -0.2) is 36.0 Å². The van der Waals surface area contributed by atoms with Crippen LogP contribution >= 0.6 is 0 Å². The Labute approximate surface area is 115 Å². The van der Waals surface area contributed by atoms with E-state index in [9.17, 15) is 9.59 Å². The van der Waals surface area contributed by atoms with E-state index in [-0.39, 0.29) is 12.0 Å². The third-order valence-electron chi connectivity index (χ3n) is 4.33. The van der Waals surface area contributed by atoms with Crippen LogP contribution in [0.2, 0.25) is 0 Å². The molecule has 1 amide bonds. The zero-order valence-corrected chi connectivity index (χ0v) is 12.4. The highest BCUT2D eigenvalue weighted by Gasteiger charge is 2.51. The van der Waals surface area contributed by atoms with E-state index in [0.717, 1.165) is 32.2 Å². The van der Waals surface area contributed by atoms with Gasteiger partial charge in [-0.2, -0.15) is 0 Å². The maximum atomic E-state index is 12.1. The van der Waals surface area contributed by atoms with Gasteiger partial charge in [0.05, 0.1) is 0 Å². The standard InChI is InChI=1S/C15H25NO3/c1-10-12(9-17)13(10)11-6-5-7-16(8-11)14(18)19-15(2,3)4/h9-13H,5-8H2,1-4H3/t10-,11+,12+,13+/m1/s1. The first kappa shape index (κ1) is 14.4. The third kappa shape index (κ3) is 3.28. The zero-order chi connectivity index (χ0) is 14.2. The topological polar surface area (TPSA) is 46.6 Å². The highest BCUT2D eigenvalue weighted by molar-refractivity contribution is 5.68. The quantitative estimate of drug-likeness (QED) is 0.723. The molecule has 2 fully saturated rings. The second kappa shape index (κ2) is 5.14. The van der Waals surface area contributed by atoms with Gasteiger partial charge >= 0.3 is 6.09 Å². The smallest absolute Gasteiger partial charge is 0.410 e. The monoisotopic (exact) mass is 267 g/mol. The van der Waals surface area contributed by atoms with Gasteiger partial charge in [-0.05, 0) is 51.4 Å². The molecule has 1 aliphatic carbocycles. The van der Waals surface area contributed by atoms with Crippen molar-refractivity contribution in [1.82, 2.24) is 4.90 Å². The largest absolute Gasteiger partial charge is 0.444 e. The number of rotatable bonds is 2. The minimum atomic E-state index is -0.442. The molecule has 0 unspecified atom stereocenters. The number of likely N-dealkylation sites (tertiary alicyclic amines) is 1. The molecule has 0 bridgehead atoms. The van der Waals surface area contributed by atoms with Crippen molar-refractivity contribution in [2.45, 2.75) is 46.1 Å². The van der Waals surface area contributed by atoms with Crippen LogP contribution in [0.3, 0.4) is 0 Å². The van der Waals surface area contributed by atoms with Gasteiger partial charge < -0.3 is 14.4 Å². The first-order valence-electron chi connectivity index (χ1n) is 7.26. The molecule has 1 saturated heterocycles. The Morgan fingerprint density at radius 3 is 2.58 bits per heavy atom. The van der Waals surface area contributed by atoms with Crippen molar-refractivity contribution in [2.75, 3.05) is 13.1 Å². The van der Waals surface area contributed by atoms with Crippen LogP contribution in [0, 0.1) is 23.7 Å². The van der Waals surface area contributed by atoms with Gasteiger partial charge in [-0.25, -0.2) is 4.79 Å². The minimum absolute atomic E-state index is 0.212. The van der Waals surface area contributed by atoms with Gasteiger partial charge in [-0.1, -0.05) is 6.92 Å². The summed E-state index contributed by atoms with van der Waals surface area (Å²) in [6.07, 6.45) is 3.01. The van der Waals surface area contributed by atoms with E-state index in [1.54, 1.807) is 0 Å². The average molecular weight is 267 g/mol. The van der Waals surface area contributed by atoms with Crippen LogP contribution in [0.1, 0.15) is 40.5 Å². The molecule has 2 aliphatic rings. The number of hydrogen-bond acceptors (Lipinski definition) is 3. The fourth-order valence-electron chi connectivity index (χ4n) is 3.30. The van der Waals surface area contributed by atoms with Crippen molar-refractivity contribution in [3.8, 4) is 0 Å². The van der Waals surface area contributed by atoms with Crippen LogP contribution in [0.4, 0.5) is 4.79 Å². The molecule has 1 heterocycles. The Kier molecular flexibility index (Phi) is 3.88. The lowest BCUT2D eigenvalue weighted by Gasteiger charge is -2.34. The Morgan fingerprint density at radius 2 is 2.05 bits per heavy atom. The fourth-order valence-corrected chi connectivity index (χ4v) is 3.30. The molecule has 0 N–H and O–H groups in total. The molecule has 1 aliphatic heterocycles. The minimum Gasteiger partial charge on any atom is -0.444 e. The van der Waals surface area contributed by atoms with Gasteiger partial charge in [0.25, 0.3) is 0 Å². The van der Waals surface area contributed by atoms with Crippen LogP contribution in [-0.2, 0) is 9.53 Å². The number of hydrogen-bond donors (Lipinski definition) is 0. The van der Waals surface area contributed by atoms with Crippen molar-refractivity contribution < 1.29 is 14.3 Å². The van der Waals surface area contributed by atoms with Gasteiger partial charge in [0.2, 0.25) is 0 Å². The SMILES string of the molecule is C[C@@H]1[C@H](C=O)[C@@H]1[C@H]1CCCN(C(=O)OC(C)(C)C)C1. The van der Waals surface area contributed by atoms with E-state index < -0.39 is 5.60 Å². The maximum Gasteiger partial charge on any atom is 0.410 e. The van der Waals surface area contributed by atoms with E-state index in [1.807, 2.05) is 25.7 Å². The summed E-state index contributed by atoms with van der Waals surface area (Å²) in [4.78, 5) is 24.8. The van der Waals surface area contributed by atoms with E-state index in [4.69, 9.17) is 4.74 Å². The molecule has 108 valence electrons. The summed E-state index contributed by atoms with van der Waals surface area (Å²) in [5.41, 5.74) is -0.442. The molecule has 4 atom stereocenters. The number of amides is 1. The predicted molar refractivity (Wildman–Crippen MR) is 72.7 cm³/mol. The van der Waals surface area contributed by atoms with E-state index in [1.165, 1.54) is 0 Å². The third-order valence-corrected chi connectivity index (χ3v) is 4.33. The van der Waals surface area contributed by atoms with Crippen molar-refractivity contribution in [3.05, 3.63) is 0 Å². The first-order chi connectivity index (χ1) is 8.83. The van der Waals surface area contributed by atoms with E-state index >= 15 is 0 Å². The Morgan fingerprint density at radius 1 is 1.37 bits per heavy atom. The Balaban J connectivity index is 1.91. The summed E-state index contributed by atoms with van der Waals surface area (Å²) >= 11 is 0. The summed E-state index contributed by atoms with van der Waals surface area (Å²) in [6.45, 7) is 9.32. The summed E-state index contributed by atoms with van der Waals surface area (Å²) in [5.74, 6) is 1.64. The van der Waals surface area contributed by atoms with E-state index in [2.05, 4.69) is 6.92 Å². The number of ether oxygens (including phenoxy) is 1. The van der Waals surface area contributed by atoms with Crippen molar-refractivity contribution >= 4 is 12.4 Å². The Hall–Kier alpha value is -1.06. The van der Waals surface area contributed by atoms with Gasteiger partial charge in [0.1, 0.15) is 11.9 Å². The first-order valence-corrected chi connectivity index (χ1v) is 7.26. The number of nitrogens with zero attached hydrogens (tertiary/aromatic N) is 1. The van der Waals surface area contributed by atoms with Crippen molar-refractivity contribution in [2.24, 2.45) is 23.7 Å². The summed E-state index contributed by atoms with van der Waals surface area (Å²) in [6, 6.07) is 0. The maximum absolute atomic E-state index is 12.1. The molecule has 2 rings (SSSR count). The summed E-state index contributed by atoms with van der Waals surface area (Å²) in [7, 11) is 0. The van der Waals surface area contributed by atoms with Crippen LogP contribution in [0.15, 0.2) is 0 Å². The summed E-state index contributed by atoms with van der Waals surface area (Å²) < 4.78 is 5.42. The second-order valence-corrected chi connectivity index (χ2v) is 6.98. The van der Waals surface area contributed by atoms with Gasteiger partial charge in [0, 0.05) is 19.0 Å². The molecule has 1 saturated carbocycles. The lowest BCUT2D eigenvalue weighted by Crippen LogP contribution is -2.43. The number of carbonyl (C=O) groups excluding carboxylic acids is 2. The lowest BCUT2D eigenvalue weighted by atomic mass is 9.92. The van der Waals surface area contributed by atoms with Crippen LogP contribution < -0.4 is 0 Å². The fraction of sp³-hybridized carbons (Fsp3) is 0.867. The molecule has 0 aromatic heterocycles. The van der Waals surface area contributed by atoms with Crippen LogP contribution in [0.5, 0.6) is 0 Å². The highest BCUT2D eigenvalue weighted by Crippen LogP contribution is 2.51. The van der Waals surface area contributed by atoms with Gasteiger partial charge in [-0.15, -0.1) is 0 Å². The molecular formula is C15H25NO3. The second-order valence-electron chi connectivity index (χ2n) is 6.98.